The zero-order valence-corrected chi connectivity index (χ0v) is 18.2. The van der Waals surface area contributed by atoms with Gasteiger partial charge in [0.05, 0.1) is 24.5 Å². The topological polar surface area (TPSA) is 90.9 Å². The van der Waals surface area contributed by atoms with Gasteiger partial charge in [0.15, 0.2) is 0 Å². The molecule has 33 heavy (non-hydrogen) atoms. The number of nitrogens with one attached hydrogen (secondary N) is 2. The summed E-state index contributed by atoms with van der Waals surface area (Å²) in [6.45, 7) is 0. The van der Waals surface area contributed by atoms with Crippen molar-refractivity contribution in [1.29, 1.82) is 0 Å². The van der Waals surface area contributed by atoms with E-state index in [1.165, 1.54) is 12.7 Å². The lowest BCUT2D eigenvalue weighted by molar-refractivity contribution is -0.141. The molecule has 0 aromatic heterocycles. The Kier molecular flexibility index (Phi) is 5.26. The Hall–Kier alpha value is -3.84. The van der Waals surface area contributed by atoms with E-state index < -0.39 is 17.7 Å². The summed E-state index contributed by atoms with van der Waals surface area (Å²) in [4.78, 5) is 28.1. The molecule has 0 unspecified atom stereocenters. The molecular formula is C26H25N3O4. The molecule has 5 rings (SSSR count). The largest absolute Gasteiger partial charge is 0.497 e. The number of carbonyl (C=O) groups excluding carboxylic acids is 2. The molecule has 0 fully saturated rings. The first-order valence-electron chi connectivity index (χ1n) is 11.0. The van der Waals surface area contributed by atoms with Gasteiger partial charge in [-0.2, -0.15) is 0 Å². The number of methoxy groups -OCH3 is 1. The molecule has 7 heteroatoms. The number of fused-ring (bicyclic) bond motifs is 2. The van der Waals surface area contributed by atoms with E-state index in [4.69, 9.17) is 4.74 Å². The number of aryl methyl sites for hydroxylation is 1. The van der Waals surface area contributed by atoms with Gasteiger partial charge in [-0.15, -0.1) is 0 Å². The van der Waals surface area contributed by atoms with Crippen LogP contribution in [-0.2, 0) is 16.9 Å². The molecule has 3 aromatic rings. The Labute approximate surface area is 192 Å². The van der Waals surface area contributed by atoms with E-state index in [1.807, 2.05) is 18.2 Å². The third-order valence-electron chi connectivity index (χ3n) is 6.37. The molecule has 0 saturated heterocycles. The fraction of sp³-hybridized carbons (Fsp3) is 0.231. The summed E-state index contributed by atoms with van der Waals surface area (Å²) < 4.78 is 5.30. The number of carbonyl (C=O) groups is 2. The van der Waals surface area contributed by atoms with Gasteiger partial charge in [0.1, 0.15) is 5.75 Å². The number of benzene rings is 3. The number of ether oxygens (including phenoxy) is 1. The zero-order chi connectivity index (χ0) is 23.0. The normalized spacial score (nSPS) is 21.5. The van der Waals surface area contributed by atoms with E-state index in [0.29, 0.717) is 22.7 Å². The van der Waals surface area contributed by atoms with Crippen LogP contribution < -0.4 is 20.3 Å². The third-order valence-corrected chi connectivity index (χ3v) is 6.37. The molecule has 3 N–H and O–H groups in total. The molecule has 3 aromatic carbocycles. The predicted molar refractivity (Wildman–Crippen MR) is 125 cm³/mol. The molecule has 2 aliphatic rings. The highest BCUT2D eigenvalue weighted by atomic mass is 16.5. The van der Waals surface area contributed by atoms with E-state index in [2.05, 4.69) is 16.7 Å². The monoisotopic (exact) mass is 443 g/mol. The van der Waals surface area contributed by atoms with Crippen molar-refractivity contribution in [3.05, 3.63) is 89.5 Å². The fourth-order valence-electron chi connectivity index (χ4n) is 4.77. The molecule has 0 saturated carbocycles. The first-order valence-corrected chi connectivity index (χ1v) is 11.0. The molecule has 7 nitrogen and oxygen atoms in total. The van der Waals surface area contributed by atoms with Crippen molar-refractivity contribution in [1.82, 2.24) is 5.32 Å². The number of anilines is 2. The van der Waals surface area contributed by atoms with Gasteiger partial charge in [0.2, 0.25) is 0 Å². The quantitative estimate of drug-likeness (QED) is 0.567. The van der Waals surface area contributed by atoms with Crippen molar-refractivity contribution in [3.8, 4) is 5.75 Å². The van der Waals surface area contributed by atoms with Gasteiger partial charge in [-0.3, -0.25) is 9.69 Å². The Balaban J connectivity index is 1.59. The van der Waals surface area contributed by atoms with Gasteiger partial charge in [0, 0.05) is 11.6 Å². The highest BCUT2D eigenvalue weighted by molar-refractivity contribution is 6.12. The molecule has 1 aliphatic carbocycles. The summed E-state index contributed by atoms with van der Waals surface area (Å²) in [5, 5.41) is 17.8. The van der Waals surface area contributed by atoms with Gasteiger partial charge in [-0.05, 0) is 48.6 Å². The van der Waals surface area contributed by atoms with Gasteiger partial charge < -0.3 is 20.5 Å². The van der Waals surface area contributed by atoms with Crippen LogP contribution in [0.15, 0.2) is 72.8 Å². The first-order chi connectivity index (χ1) is 16.0. The van der Waals surface area contributed by atoms with Crippen LogP contribution in [0.2, 0.25) is 0 Å². The summed E-state index contributed by atoms with van der Waals surface area (Å²) in [5.74, 6) is -0.155. The third kappa shape index (κ3) is 3.50. The van der Waals surface area contributed by atoms with E-state index in [9.17, 15) is 14.7 Å². The number of rotatable bonds is 4. The smallest absolute Gasteiger partial charge is 0.329 e. The number of urea groups is 1. The van der Waals surface area contributed by atoms with Gasteiger partial charge in [-0.1, -0.05) is 48.5 Å². The van der Waals surface area contributed by atoms with Crippen LogP contribution in [0.5, 0.6) is 5.75 Å². The van der Waals surface area contributed by atoms with E-state index >= 15 is 0 Å². The van der Waals surface area contributed by atoms with Crippen LogP contribution in [0.4, 0.5) is 16.2 Å². The van der Waals surface area contributed by atoms with Crippen molar-refractivity contribution in [2.24, 2.45) is 0 Å². The number of para-hydroxylation sites is 1. The van der Waals surface area contributed by atoms with Crippen LogP contribution >= 0.6 is 0 Å². The lowest BCUT2D eigenvalue weighted by atomic mass is 9.87. The highest BCUT2D eigenvalue weighted by Gasteiger charge is 2.52. The molecule has 2 atom stereocenters. The summed E-state index contributed by atoms with van der Waals surface area (Å²) >= 11 is 0. The minimum absolute atomic E-state index is 0.254. The SMILES string of the molecule is COc1cccc(N2C(=O)Nc3ccccc3[C@]2(O)C(=O)N[C@@H]2CCCc3ccccc32)c1. The van der Waals surface area contributed by atoms with Crippen molar-refractivity contribution >= 4 is 23.3 Å². The number of nitrogens with zero attached hydrogens (tertiary/aromatic N) is 1. The average Bonchev–Trinajstić information content (AvgIpc) is 2.84. The maximum Gasteiger partial charge on any atom is 0.329 e. The van der Waals surface area contributed by atoms with Gasteiger partial charge in [0.25, 0.3) is 11.6 Å². The molecular weight excluding hydrogens is 418 g/mol. The zero-order valence-electron chi connectivity index (χ0n) is 18.2. The van der Waals surface area contributed by atoms with E-state index in [-0.39, 0.29) is 6.04 Å². The van der Waals surface area contributed by atoms with Crippen LogP contribution in [0.25, 0.3) is 0 Å². The van der Waals surface area contributed by atoms with Crippen LogP contribution in [0.3, 0.4) is 0 Å². The Morgan fingerprint density at radius 3 is 2.76 bits per heavy atom. The Bertz CT molecular complexity index is 1230. The lowest BCUT2D eigenvalue weighted by Crippen LogP contribution is -2.63. The second kappa shape index (κ2) is 8.26. The maximum absolute atomic E-state index is 13.8. The van der Waals surface area contributed by atoms with Crippen LogP contribution in [0.1, 0.15) is 35.6 Å². The van der Waals surface area contributed by atoms with Crippen LogP contribution in [-0.4, -0.2) is 24.2 Å². The Morgan fingerprint density at radius 2 is 1.91 bits per heavy atom. The average molecular weight is 444 g/mol. The minimum Gasteiger partial charge on any atom is -0.497 e. The highest BCUT2D eigenvalue weighted by Crippen LogP contribution is 2.41. The summed E-state index contributed by atoms with van der Waals surface area (Å²) in [6, 6.07) is 20.6. The van der Waals surface area contributed by atoms with Gasteiger partial charge in [-0.25, -0.2) is 4.79 Å². The molecule has 1 aliphatic heterocycles. The molecule has 0 spiro atoms. The van der Waals surface area contributed by atoms with Crippen molar-refractivity contribution in [2.75, 3.05) is 17.3 Å². The first kappa shape index (κ1) is 21.0. The van der Waals surface area contributed by atoms with E-state index in [1.54, 1.807) is 48.5 Å². The summed E-state index contributed by atoms with van der Waals surface area (Å²) in [7, 11) is 1.52. The molecule has 0 radical (unpaired) electrons. The van der Waals surface area contributed by atoms with Crippen molar-refractivity contribution in [3.63, 3.8) is 0 Å². The Morgan fingerprint density at radius 1 is 1.12 bits per heavy atom. The molecule has 0 bridgehead atoms. The summed E-state index contributed by atoms with van der Waals surface area (Å²) in [5.41, 5.74) is 1.01. The molecule has 3 amide bonds. The van der Waals surface area contributed by atoms with Crippen LogP contribution in [0, 0.1) is 0 Å². The summed E-state index contributed by atoms with van der Waals surface area (Å²) in [6.07, 6.45) is 2.64. The van der Waals surface area contributed by atoms with Gasteiger partial charge >= 0.3 is 6.03 Å². The standard InChI is InChI=1S/C26H25N3O4/c1-33-19-11-7-10-18(16-19)29-25(31)28-23-14-5-4-13-21(23)26(29,32)24(30)27-22-15-6-9-17-8-2-3-12-20(17)22/h2-5,7-8,10-14,16,22,32H,6,9,15H2,1H3,(H,27,30)(H,28,31)/t22-,26+/m1/s1. The molecule has 168 valence electrons. The van der Waals surface area contributed by atoms with Crippen molar-refractivity contribution < 1.29 is 19.4 Å². The second-order valence-corrected chi connectivity index (χ2v) is 8.30. The fourth-order valence-corrected chi connectivity index (χ4v) is 4.77. The number of hydrogen-bond acceptors (Lipinski definition) is 4. The number of amides is 3. The number of aliphatic hydroxyl groups is 1. The lowest BCUT2D eigenvalue weighted by Gasteiger charge is -2.43. The maximum atomic E-state index is 13.8. The number of hydrogen-bond donors (Lipinski definition) is 3. The van der Waals surface area contributed by atoms with E-state index in [0.717, 1.165) is 29.7 Å². The van der Waals surface area contributed by atoms with Crippen molar-refractivity contribution in [2.45, 2.75) is 31.0 Å². The minimum atomic E-state index is -2.25. The second-order valence-electron chi connectivity index (χ2n) is 8.30. The molecule has 1 heterocycles. The predicted octanol–water partition coefficient (Wildman–Crippen LogP) is 4.09.